The number of nitrogens with two attached hydrogens (primary N) is 1. The number of hydrogen-bond donors (Lipinski definition) is 2. The first-order chi connectivity index (χ1) is 9.60. The molecular weight excluding hydrogens is 252 g/mol. The zero-order chi connectivity index (χ0) is 14.5. The molecule has 20 heavy (non-hydrogen) atoms. The number of nitrogens with zero attached hydrogens (tertiary/aromatic N) is 4. The molecule has 1 fully saturated rings. The molecule has 0 aliphatic carbocycles. The summed E-state index contributed by atoms with van der Waals surface area (Å²) in [5.41, 5.74) is 5.81. The van der Waals surface area contributed by atoms with Crippen LogP contribution in [0.2, 0.25) is 0 Å². The maximum Gasteiger partial charge on any atom is 0.223 e. The highest BCUT2D eigenvalue weighted by Crippen LogP contribution is 2.19. The number of nitrogens with one attached hydrogen (secondary N) is 1. The van der Waals surface area contributed by atoms with Crippen molar-refractivity contribution in [1.29, 1.82) is 0 Å². The van der Waals surface area contributed by atoms with Gasteiger partial charge in [-0.3, -0.25) is 4.90 Å². The lowest BCUT2D eigenvalue weighted by Gasteiger charge is -2.37. The Balaban J connectivity index is 2.03. The monoisotopic (exact) mass is 278 g/mol. The van der Waals surface area contributed by atoms with Crippen molar-refractivity contribution >= 4 is 17.6 Å². The fourth-order valence-electron chi connectivity index (χ4n) is 2.43. The zero-order valence-electron chi connectivity index (χ0n) is 12.8. The van der Waals surface area contributed by atoms with E-state index < -0.39 is 0 Å². The Morgan fingerprint density at radius 3 is 2.55 bits per heavy atom. The van der Waals surface area contributed by atoms with Crippen LogP contribution in [0, 0.1) is 0 Å². The summed E-state index contributed by atoms with van der Waals surface area (Å²) in [5.74, 6) is 2.09. The molecular formula is C14H26N6. The molecule has 2 heterocycles. The Bertz CT molecular complexity index is 426. The van der Waals surface area contributed by atoms with Crippen molar-refractivity contribution in [3.8, 4) is 0 Å². The molecule has 1 saturated heterocycles. The van der Waals surface area contributed by atoms with Crippen LogP contribution in [-0.4, -0.2) is 53.6 Å². The lowest BCUT2D eigenvalue weighted by Crippen LogP contribution is -2.49. The molecule has 0 aromatic carbocycles. The number of aromatic nitrogens is 2. The molecule has 6 heteroatoms. The summed E-state index contributed by atoms with van der Waals surface area (Å²) in [7, 11) is 0. The van der Waals surface area contributed by atoms with E-state index in [1.165, 1.54) is 0 Å². The summed E-state index contributed by atoms with van der Waals surface area (Å²) in [6.45, 7) is 11.6. The Hall–Kier alpha value is -1.56. The fraction of sp³-hybridized carbons (Fsp3) is 0.714. The highest BCUT2D eigenvalue weighted by molar-refractivity contribution is 5.52. The van der Waals surface area contributed by atoms with Crippen LogP contribution in [0.4, 0.5) is 17.6 Å². The Morgan fingerprint density at radius 2 is 1.95 bits per heavy atom. The van der Waals surface area contributed by atoms with Gasteiger partial charge in [-0.25, -0.2) is 0 Å². The van der Waals surface area contributed by atoms with Crippen LogP contribution in [0.15, 0.2) is 6.07 Å². The topological polar surface area (TPSA) is 70.3 Å². The molecule has 1 aromatic heterocycles. The predicted octanol–water partition coefficient (Wildman–Crippen LogP) is 1.41. The van der Waals surface area contributed by atoms with Crippen molar-refractivity contribution < 1.29 is 0 Å². The van der Waals surface area contributed by atoms with Crippen LogP contribution >= 0.6 is 0 Å². The lowest BCUT2D eigenvalue weighted by molar-refractivity contribution is 0.209. The van der Waals surface area contributed by atoms with Crippen LogP contribution in [0.3, 0.4) is 0 Å². The average molecular weight is 278 g/mol. The molecule has 0 atom stereocenters. The number of hydrogen-bond acceptors (Lipinski definition) is 6. The first-order valence-corrected chi connectivity index (χ1v) is 7.47. The van der Waals surface area contributed by atoms with Crippen molar-refractivity contribution in [2.75, 3.05) is 48.7 Å². The second-order valence-corrected chi connectivity index (χ2v) is 5.51. The summed E-state index contributed by atoms with van der Waals surface area (Å²) in [6, 6.07) is 2.60. The van der Waals surface area contributed by atoms with Crippen molar-refractivity contribution in [3.63, 3.8) is 0 Å². The standard InChI is InChI=1S/C14H26N6/c1-4-5-16-12-10-13(18-14(15)17-12)20-8-6-19(7-9-20)11(2)3/h10-11H,4-9H2,1-3H3,(H3,15,16,17,18). The van der Waals surface area contributed by atoms with E-state index in [4.69, 9.17) is 5.73 Å². The van der Waals surface area contributed by atoms with Gasteiger partial charge in [-0.1, -0.05) is 6.92 Å². The highest BCUT2D eigenvalue weighted by atomic mass is 15.3. The van der Waals surface area contributed by atoms with E-state index >= 15 is 0 Å². The summed E-state index contributed by atoms with van der Waals surface area (Å²) in [5, 5.41) is 3.27. The van der Waals surface area contributed by atoms with E-state index in [0.29, 0.717) is 12.0 Å². The smallest absolute Gasteiger partial charge is 0.223 e. The van der Waals surface area contributed by atoms with Gasteiger partial charge >= 0.3 is 0 Å². The minimum absolute atomic E-state index is 0.340. The summed E-state index contributed by atoms with van der Waals surface area (Å²) in [6.07, 6.45) is 1.06. The third kappa shape index (κ3) is 3.72. The molecule has 0 saturated carbocycles. The number of nitrogen functional groups attached to an aromatic ring is 1. The minimum atomic E-state index is 0.340. The van der Waals surface area contributed by atoms with Gasteiger partial charge in [-0.15, -0.1) is 0 Å². The molecule has 1 aliphatic heterocycles. The lowest BCUT2D eigenvalue weighted by atomic mass is 10.2. The summed E-state index contributed by atoms with van der Waals surface area (Å²) >= 11 is 0. The predicted molar refractivity (Wildman–Crippen MR) is 84.1 cm³/mol. The first-order valence-electron chi connectivity index (χ1n) is 7.47. The second-order valence-electron chi connectivity index (χ2n) is 5.51. The van der Waals surface area contributed by atoms with Crippen molar-refractivity contribution in [2.24, 2.45) is 0 Å². The van der Waals surface area contributed by atoms with E-state index in [1.807, 2.05) is 6.07 Å². The maximum atomic E-state index is 5.81. The van der Waals surface area contributed by atoms with Gasteiger partial charge in [-0.2, -0.15) is 9.97 Å². The Kier molecular flexibility index (Phi) is 5.00. The molecule has 0 radical (unpaired) electrons. The maximum absolute atomic E-state index is 5.81. The normalized spacial score (nSPS) is 16.7. The summed E-state index contributed by atoms with van der Waals surface area (Å²) in [4.78, 5) is 13.4. The van der Waals surface area contributed by atoms with Gasteiger partial charge < -0.3 is 16.0 Å². The van der Waals surface area contributed by atoms with Crippen molar-refractivity contribution in [1.82, 2.24) is 14.9 Å². The SMILES string of the molecule is CCCNc1cc(N2CCN(C(C)C)CC2)nc(N)n1. The third-order valence-electron chi connectivity index (χ3n) is 3.65. The molecule has 0 amide bonds. The van der Waals surface area contributed by atoms with Gasteiger partial charge in [0, 0.05) is 44.8 Å². The number of piperazine rings is 1. The van der Waals surface area contributed by atoms with E-state index in [-0.39, 0.29) is 0 Å². The molecule has 3 N–H and O–H groups in total. The van der Waals surface area contributed by atoms with Gasteiger partial charge in [0.05, 0.1) is 0 Å². The van der Waals surface area contributed by atoms with Crippen LogP contribution < -0.4 is 16.0 Å². The first kappa shape index (κ1) is 14.8. The minimum Gasteiger partial charge on any atom is -0.370 e. The van der Waals surface area contributed by atoms with Crippen molar-refractivity contribution in [3.05, 3.63) is 6.07 Å². The number of anilines is 3. The van der Waals surface area contributed by atoms with Crippen LogP contribution in [0.25, 0.3) is 0 Å². The van der Waals surface area contributed by atoms with Crippen LogP contribution in [0.5, 0.6) is 0 Å². The quantitative estimate of drug-likeness (QED) is 0.848. The highest BCUT2D eigenvalue weighted by Gasteiger charge is 2.20. The Morgan fingerprint density at radius 1 is 1.25 bits per heavy atom. The van der Waals surface area contributed by atoms with Crippen LogP contribution in [0.1, 0.15) is 27.2 Å². The van der Waals surface area contributed by atoms with Gasteiger partial charge in [0.15, 0.2) is 0 Å². The molecule has 6 nitrogen and oxygen atoms in total. The molecule has 1 aromatic rings. The average Bonchev–Trinajstić information content (AvgIpc) is 2.44. The summed E-state index contributed by atoms with van der Waals surface area (Å²) < 4.78 is 0. The van der Waals surface area contributed by atoms with Gasteiger partial charge in [-0.05, 0) is 20.3 Å². The number of rotatable bonds is 5. The Labute approximate surface area is 121 Å². The van der Waals surface area contributed by atoms with Gasteiger partial charge in [0.2, 0.25) is 5.95 Å². The van der Waals surface area contributed by atoms with E-state index in [9.17, 15) is 0 Å². The van der Waals surface area contributed by atoms with E-state index in [1.54, 1.807) is 0 Å². The van der Waals surface area contributed by atoms with E-state index in [2.05, 4.69) is 45.9 Å². The second kappa shape index (κ2) is 6.74. The zero-order valence-corrected chi connectivity index (χ0v) is 12.8. The van der Waals surface area contributed by atoms with Gasteiger partial charge in [0.1, 0.15) is 11.6 Å². The molecule has 112 valence electrons. The van der Waals surface area contributed by atoms with Crippen LogP contribution in [-0.2, 0) is 0 Å². The molecule has 0 spiro atoms. The van der Waals surface area contributed by atoms with Crippen molar-refractivity contribution in [2.45, 2.75) is 33.2 Å². The molecule has 0 bridgehead atoms. The molecule has 1 aliphatic rings. The van der Waals surface area contributed by atoms with E-state index in [0.717, 1.165) is 50.8 Å². The largest absolute Gasteiger partial charge is 0.370 e. The third-order valence-corrected chi connectivity index (χ3v) is 3.65. The molecule has 0 unspecified atom stereocenters. The fourth-order valence-corrected chi connectivity index (χ4v) is 2.43. The molecule has 2 rings (SSSR count). The van der Waals surface area contributed by atoms with Gasteiger partial charge in [0.25, 0.3) is 0 Å².